The highest BCUT2D eigenvalue weighted by Gasteiger charge is 2.23. The fraction of sp³-hybridized carbons (Fsp3) is 0.188. The van der Waals surface area contributed by atoms with E-state index in [0.29, 0.717) is 0 Å². The normalized spacial score (nSPS) is 13.8. The van der Waals surface area contributed by atoms with Crippen molar-refractivity contribution in [3.63, 3.8) is 0 Å². The van der Waals surface area contributed by atoms with Gasteiger partial charge >= 0.3 is 0 Å². The smallest absolute Gasteiger partial charge is 0.167 e. The molecule has 0 bridgehead atoms. The summed E-state index contributed by atoms with van der Waals surface area (Å²) in [6.45, 7) is 1.96. The van der Waals surface area contributed by atoms with Gasteiger partial charge in [-0.15, -0.1) is 0 Å². The highest BCUT2D eigenvalue weighted by Crippen LogP contribution is 2.32. The molecule has 0 saturated carbocycles. The average molecular weight is 382 g/mol. The number of ketones is 1. The molecule has 2 aromatic rings. The molecular weight excluding hydrogens is 368 g/mol. The van der Waals surface area contributed by atoms with Crippen molar-refractivity contribution in [3.8, 4) is 0 Å². The van der Waals surface area contributed by atoms with Gasteiger partial charge in [-0.2, -0.15) is 0 Å². The number of halogens is 2. The van der Waals surface area contributed by atoms with Crippen LogP contribution in [0.15, 0.2) is 59.1 Å². The zero-order valence-electron chi connectivity index (χ0n) is 10.5. The molecule has 1 nitrogen and oxygen atoms in total. The third-order valence-corrected chi connectivity index (χ3v) is 4.95. The topological polar surface area (TPSA) is 17.1 Å². The molecule has 0 radical (unpaired) electrons. The first-order chi connectivity index (χ1) is 9.09. The summed E-state index contributed by atoms with van der Waals surface area (Å²) in [5.41, 5.74) is 1.87. The predicted octanol–water partition coefficient (Wildman–Crippen LogP) is 5.40. The molecule has 3 heteroatoms. The molecule has 2 aromatic carbocycles. The van der Waals surface area contributed by atoms with E-state index in [1.807, 2.05) is 61.5 Å². The van der Waals surface area contributed by atoms with E-state index in [0.717, 1.165) is 15.6 Å². The van der Waals surface area contributed by atoms with Crippen molar-refractivity contribution in [1.82, 2.24) is 0 Å². The Morgan fingerprint density at radius 1 is 1.00 bits per heavy atom. The van der Waals surface area contributed by atoms with Gasteiger partial charge in [-0.05, 0) is 17.7 Å². The zero-order chi connectivity index (χ0) is 13.8. The monoisotopic (exact) mass is 380 g/mol. The molecule has 19 heavy (non-hydrogen) atoms. The maximum atomic E-state index is 12.4. The Hall–Kier alpha value is -0.930. The van der Waals surface area contributed by atoms with E-state index in [1.54, 1.807) is 0 Å². The summed E-state index contributed by atoms with van der Waals surface area (Å²) in [6, 6.07) is 17.5. The van der Waals surface area contributed by atoms with Gasteiger partial charge < -0.3 is 0 Å². The standard InChI is InChI=1S/C16H14Br2O/c1-11(15(18)12-5-3-2-4-6-12)16(19)13-7-9-14(17)10-8-13/h2-11,15H,1H3/t11-,15-/m1/s1. The van der Waals surface area contributed by atoms with E-state index in [9.17, 15) is 4.79 Å². The molecule has 98 valence electrons. The zero-order valence-corrected chi connectivity index (χ0v) is 13.7. The molecule has 0 aliphatic carbocycles. The number of alkyl halides is 1. The SMILES string of the molecule is C[C@@H](C(=O)c1ccc(Br)cc1)[C@@H](Br)c1ccccc1. The Morgan fingerprint density at radius 2 is 1.58 bits per heavy atom. The van der Waals surface area contributed by atoms with Gasteiger partial charge in [0.05, 0.1) is 0 Å². The minimum absolute atomic E-state index is 0.0323. The number of Topliss-reactive ketones (excluding diaryl/α,β-unsaturated/α-hetero) is 1. The summed E-state index contributed by atoms with van der Waals surface area (Å²) < 4.78 is 0.982. The molecule has 0 saturated heterocycles. The summed E-state index contributed by atoms with van der Waals surface area (Å²) >= 11 is 7.01. The van der Waals surface area contributed by atoms with Crippen molar-refractivity contribution < 1.29 is 4.79 Å². The Kier molecular flexibility index (Phi) is 4.94. The molecule has 0 N–H and O–H groups in total. The second-order valence-corrected chi connectivity index (χ2v) is 6.37. The number of benzene rings is 2. The van der Waals surface area contributed by atoms with Crippen molar-refractivity contribution in [1.29, 1.82) is 0 Å². The van der Waals surface area contributed by atoms with Gasteiger partial charge in [0, 0.05) is 20.8 Å². The Morgan fingerprint density at radius 3 is 2.16 bits per heavy atom. The fourth-order valence-electron chi connectivity index (χ4n) is 1.94. The Balaban J connectivity index is 2.17. The number of hydrogen-bond acceptors (Lipinski definition) is 1. The van der Waals surface area contributed by atoms with E-state index in [-0.39, 0.29) is 16.5 Å². The van der Waals surface area contributed by atoms with Crippen LogP contribution in [-0.4, -0.2) is 5.78 Å². The quantitative estimate of drug-likeness (QED) is 0.511. The van der Waals surface area contributed by atoms with E-state index in [2.05, 4.69) is 31.9 Å². The van der Waals surface area contributed by atoms with Crippen LogP contribution in [-0.2, 0) is 0 Å². The van der Waals surface area contributed by atoms with Gasteiger partial charge in [-0.3, -0.25) is 4.79 Å². The largest absolute Gasteiger partial charge is 0.294 e. The van der Waals surface area contributed by atoms with Crippen molar-refractivity contribution in [2.75, 3.05) is 0 Å². The number of carbonyl (C=O) groups excluding carboxylic acids is 1. The fourth-order valence-corrected chi connectivity index (χ4v) is 2.75. The van der Waals surface area contributed by atoms with E-state index < -0.39 is 0 Å². The molecule has 0 aliphatic heterocycles. The molecule has 0 fully saturated rings. The van der Waals surface area contributed by atoms with Crippen molar-refractivity contribution in [2.45, 2.75) is 11.8 Å². The van der Waals surface area contributed by atoms with Crippen LogP contribution in [0.25, 0.3) is 0 Å². The number of carbonyl (C=O) groups is 1. The van der Waals surface area contributed by atoms with E-state index in [1.165, 1.54) is 0 Å². The van der Waals surface area contributed by atoms with Crippen LogP contribution in [0.1, 0.15) is 27.7 Å². The first kappa shape index (κ1) is 14.5. The van der Waals surface area contributed by atoms with Gasteiger partial charge in [0.2, 0.25) is 0 Å². The molecule has 0 aliphatic rings. The molecule has 0 spiro atoms. The second kappa shape index (κ2) is 6.49. The maximum absolute atomic E-state index is 12.4. The van der Waals surface area contributed by atoms with E-state index in [4.69, 9.17) is 0 Å². The summed E-state index contributed by atoms with van der Waals surface area (Å²) in [5, 5.41) is 0. The highest BCUT2D eigenvalue weighted by molar-refractivity contribution is 9.10. The van der Waals surface area contributed by atoms with Crippen LogP contribution in [0.2, 0.25) is 0 Å². The minimum Gasteiger partial charge on any atom is -0.294 e. The molecule has 0 aromatic heterocycles. The highest BCUT2D eigenvalue weighted by atomic mass is 79.9. The molecule has 0 amide bonds. The van der Waals surface area contributed by atoms with Gasteiger partial charge in [0.15, 0.2) is 5.78 Å². The lowest BCUT2D eigenvalue weighted by molar-refractivity contribution is 0.0929. The lowest BCUT2D eigenvalue weighted by Gasteiger charge is -2.17. The lowest BCUT2D eigenvalue weighted by atomic mass is 9.93. The first-order valence-corrected chi connectivity index (χ1v) is 7.79. The predicted molar refractivity (Wildman–Crippen MR) is 85.7 cm³/mol. The van der Waals surface area contributed by atoms with Crippen molar-refractivity contribution in [2.24, 2.45) is 5.92 Å². The van der Waals surface area contributed by atoms with Crippen LogP contribution < -0.4 is 0 Å². The first-order valence-electron chi connectivity index (χ1n) is 6.08. The maximum Gasteiger partial charge on any atom is 0.167 e. The minimum atomic E-state index is -0.108. The Labute approximate surface area is 130 Å². The summed E-state index contributed by atoms with van der Waals surface area (Å²) in [5.74, 6) is 0.0433. The summed E-state index contributed by atoms with van der Waals surface area (Å²) in [7, 11) is 0. The average Bonchev–Trinajstić information content (AvgIpc) is 2.46. The van der Waals surface area contributed by atoms with Gasteiger partial charge in [-0.25, -0.2) is 0 Å². The van der Waals surface area contributed by atoms with Crippen LogP contribution >= 0.6 is 31.9 Å². The summed E-state index contributed by atoms with van der Waals surface area (Å²) in [6.07, 6.45) is 0. The van der Waals surface area contributed by atoms with Gasteiger partial charge in [-0.1, -0.05) is 81.2 Å². The van der Waals surface area contributed by atoms with Gasteiger partial charge in [0.1, 0.15) is 0 Å². The molecule has 0 heterocycles. The van der Waals surface area contributed by atoms with Crippen LogP contribution in [0, 0.1) is 5.92 Å². The van der Waals surface area contributed by atoms with Crippen LogP contribution in [0.3, 0.4) is 0 Å². The Bertz CT molecular complexity index is 549. The van der Waals surface area contributed by atoms with Crippen LogP contribution in [0.5, 0.6) is 0 Å². The van der Waals surface area contributed by atoms with Crippen molar-refractivity contribution >= 4 is 37.6 Å². The lowest BCUT2D eigenvalue weighted by Crippen LogP contribution is -2.16. The molecular formula is C16H14Br2O. The number of rotatable bonds is 4. The third kappa shape index (κ3) is 3.54. The molecule has 2 rings (SSSR count). The number of hydrogen-bond donors (Lipinski definition) is 0. The molecule has 2 atom stereocenters. The summed E-state index contributed by atoms with van der Waals surface area (Å²) in [4.78, 5) is 12.5. The second-order valence-electron chi connectivity index (χ2n) is 4.47. The van der Waals surface area contributed by atoms with E-state index >= 15 is 0 Å². The molecule has 0 unspecified atom stereocenters. The van der Waals surface area contributed by atoms with Gasteiger partial charge in [0.25, 0.3) is 0 Å². The van der Waals surface area contributed by atoms with Crippen molar-refractivity contribution in [3.05, 3.63) is 70.2 Å². The van der Waals surface area contributed by atoms with Crippen LogP contribution in [0.4, 0.5) is 0 Å². The third-order valence-electron chi connectivity index (χ3n) is 3.10.